The molecule has 0 aromatic rings. The van der Waals surface area contributed by atoms with Crippen LogP contribution in [0.4, 0.5) is 0 Å². The van der Waals surface area contributed by atoms with E-state index >= 15 is 0 Å². The molecule has 0 amide bonds. The lowest BCUT2D eigenvalue weighted by molar-refractivity contribution is -0.166. The molecule has 4 rings (SSSR count). The summed E-state index contributed by atoms with van der Waals surface area (Å²) >= 11 is 0. The zero-order valence-electron chi connectivity index (χ0n) is 17.8. The number of aliphatic hydroxyl groups excluding tert-OH is 1. The molecule has 0 aliphatic heterocycles. The van der Waals surface area contributed by atoms with E-state index in [-0.39, 0.29) is 29.3 Å². The van der Waals surface area contributed by atoms with Gasteiger partial charge < -0.3 is 10.2 Å². The fourth-order valence-electron chi connectivity index (χ4n) is 8.62. The van der Waals surface area contributed by atoms with Crippen LogP contribution in [-0.4, -0.2) is 28.1 Å². The summed E-state index contributed by atoms with van der Waals surface area (Å²) in [5.74, 6) is 2.73. The number of fused-ring (bicyclic) bond motifs is 5. The van der Waals surface area contributed by atoms with Crippen LogP contribution < -0.4 is 0 Å². The van der Waals surface area contributed by atoms with E-state index in [9.17, 15) is 14.7 Å². The maximum atomic E-state index is 12.1. The summed E-state index contributed by atoms with van der Waals surface area (Å²) < 4.78 is 0. The summed E-state index contributed by atoms with van der Waals surface area (Å²) in [5.41, 5.74) is 0.400. The zero-order chi connectivity index (χ0) is 20.3. The summed E-state index contributed by atoms with van der Waals surface area (Å²) in [6, 6.07) is 0. The van der Waals surface area contributed by atoms with Gasteiger partial charge in [0.05, 0.1) is 6.10 Å². The molecule has 0 radical (unpaired) electrons. The second kappa shape index (κ2) is 7.11. The van der Waals surface area contributed by atoms with Crippen molar-refractivity contribution >= 4 is 11.8 Å². The molecule has 0 saturated heterocycles. The number of hydrogen-bond acceptors (Lipinski definition) is 3. The molecular weight excluding hydrogens is 352 g/mol. The van der Waals surface area contributed by atoms with Crippen LogP contribution in [0.25, 0.3) is 0 Å². The van der Waals surface area contributed by atoms with Crippen LogP contribution in [0, 0.1) is 46.3 Å². The number of carbonyl (C=O) groups excluding carboxylic acids is 1. The molecule has 4 heteroatoms. The molecule has 0 bridgehead atoms. The van der Waals surface area contributed by atoms with Crippen molar-refractivity contribution in [2.75, 3.05) is 0 Å². The molecule has 28 heavy (non-hydrogen) atoms. The first kappa shape index (κ1) is 20.4. The fourth-order valence-corrected chi connectivity index (χ4v) is 8.62. The Morgan fingerprint density at radius 1 is 1.11 bits per heavy atom. The highest BCUT2D eigenvalue weighted by Gasteiger charge is 2.62. The monoisotopic (exact) mass is 390 g/mol. The molecule has 0 heterocycles. The van der Waals surface area contributed by atoms with Crippen molar-refractivity contribution < 1.29 is 19.8 Å². The van der Waals surface area contributed by atoms with Gasteiger partial charge in [-0.3, -0.25) is 9.59 Å². The molecule has 158 valence electrons. The second-order valence-electron chi connectivity index (χ2n) is 11.2. The number of carboxylic acid groups (broad SMARTS) is 1. The summed E-state index contributed by atoms with van der Waals surface area (Å²) in [4.78, 5) is 23.1. The van der Waals surface area contributed by atoms with Gasteiger partial charge in [0.15, 0.2) is 0 Å². The van der Waals surface area contributed by atoms with Gasteiger partial charge in [0.2, 0.25) is 0 Å². The van der Waals surface area contributed by atoms with Crippen LogP contribution in [0.3, 0.4) is 0 Å². The number of Topliss-reactive ketones (excluding diaryl/α,β-unsaturated/α-hetero) is 1. The van der Waals surface area contributed by atoms with Crippen LogP contribution in [0.5, 0.6) is 0 Å². The predicted octanol–water partition coefficient (Wildman–Crippen LogP) is 4.69. The Labute approximate surface area is 169 Å². The van der Waals surface area contributed by atoms with Crippen molar-refractivity contribution in [1.82, 2.24) is 0 Å². The van der Waals surface area contributed by atoms with Crippen molar-refractivity contribution in [2.45, 2.75) is 91.1 Å². The van der Waals surface area contributed by atoms with Crippen molar-refractivity contribution in [3.8, 4) is 0 Å². The molecule has 4 fully saturated rings. The van der Waals surface area contributed by atoms with Gasteiger partial charge in [0.1, 0.15) is 5.78 Å². The fraction of sp³-hybridized carbons (Fsp3) is 0.917. The SMILES string of the molecule is C[C@H](CCC(=O)O)[C@H]1CC[C@H]2[C@@H]3C[C@@H](O)[C@@H]4CC(=O)CC[C@]4(C)[C@H]3CC[C@]12C. The Bertz CT molecular complexity index is 645. The first-order valence-corrected chi connectivity index (χ1v) is 11.6. The topological polar surface area (TPSA) is 74.6 Å². The number of carbonyl (C=O) groups is 2. The number of aliphatic hydroxyl groups is 1. The lowest BCUT2D eigenvalue weighted by Crippen LogP contribution is -2.58. The standard InChI is InChI=1S/C24H38O4/c1-14(4-7-22(27)28)17-5-6-18-16-13-21(26)20-12-15(25)8-10-24(20,3)19(16)9-11-23(17,18)2/h14,16-21,26H,4-13H2,1-3H3,(H,27,28)/t14-,16+,17-,18+,19+,20+,21-,23-,24-/m1/s1. The highest BCUT2D eigenvalue weighted by atomic mass is 16.4. The van der Waals surface area contributed by atoms with E-state index in [2.05, 4.69) is 20.8 Å². The quantitative estimate of drug-likeness (QED) is 0.730. The minimum atomic E-state index is -0.684. The molecule has 4 saturated carbocycles. The molecule has 0 unspecified atom stereocenters. The van der Waals surface area contributed by atoms with Crippen LogP contribution >= 0.6 is 0 Å². The normalized spacial score (nSPS) is 49.1. The first-order valence-electron chi connectivity index (χ1n) is 11.6. The number of aliphatic carboxylic acids is 1. The average molecular weight is 391 g/mol. The largest absolute Gasteiger partial charge is 0.481 e. The van der Waals surface area contributed by atoms with Gasteiger partial charge in [0, 0.05) is 19.3 Å². The van der Waals surface area contributed by atoms with Gasteiger partial charge in [-0.2, -0.15) is 0 Å². The van der Waals surface area contributed by atoms with E-state index in [4.69, 9.17) is 5.11 Å². The Morgan fingerprint density at radius 3 is 2.54 bits per heavy atom. The molecule has 4 aliphatic rings. The van der Waals surface area contributed by atoms with Gasteiger partial charge in [-0.25, -0.2) is 0 Å². The minimum absolute atomic E-state index is 0.116. The van der Waals surface area contributed by atoms with Crippen LogP contribution in [0.15, 0.2) is 0 Å². The smallest absolute Gasteiger partial charge is 0.303 e. The molecule has 2 N–H and O–H groups in total. The highest BCUT2D eigenvalue weighted by Crippen LogP contribution is 2.68. The maximum absolute atomic E-state index is 12.1. The molecule has 0 spiro atoms. The Kier molecular flexibility index (Phi) is 5.17. The lowest BCUT2D eigenvalue weighted by atomic mass is 9.44. The molecule has 0 aromatic heterocycles. The van der Waals surface area contributed by atoms with E-state index in [1.807, 2.05) is 0 Å². The minimum Gasteiger partial charge on any atom is -0.481 e. The second-order valence-corrected chi connectivity index (χ2v) is 11.2. The van der Waals surface area contributed by atoms with E-state index in [1.165, 1.54) is 25.7 Å². The number of rotatable bonds is 4. The molecule has 0 aromatic carbocycles. The van der Waals surface area contributed by atoms with Gasteiger partial charge >= 0.3 is 5.97 Å². The third kappa shape index (κ3) is 3.05. The van der Waals surface area contributed by atoms with Crippen molar-refractivity contribution in [3.05, 3.63) is 0 Å². The predicted molar refractivity (Wildman–Crippen MR) is 108 cm³/mol. The van der Waals surface area contributed by atoms with Crippen LogP contribution in [-0.2, 0) is 9.59 Å². The van der Waals surface area contributed by atoms with Gasteiger partial charge in [-0.15, -0.1) is 0 Å². The van der Waals surface area contributed by atoms with Crippen LogP contribution in [0.2, 0.25) is 0 Å². The third-order valence-corrected chi connectivity index (χ3v) is 10.1. The highest BCUT2D eigenvalue weighted by molar-refractivity contribution is 5.79. The van der Waals surface area contributed by atoms with E-state index in [1.54, 1.807) is 0 Å². The first-order chi connectivity index (χ1) is 13.2. The maximum Gasteiger partial charge on any atom is 0.303 e. The van der Waals surface area contributed by atoms with Gasteiger partial charge in [-0.05, 0) is 91.3 Å². The molecule has 9 atom stereocenters. The summed E-state index contributed by atoms with van der Waals surface area (Å²) in [6.45, 7) is 7.09. The Morgan fingerprint density at radius 2 is 1.82 bits per heavy atom. The molecule has 4 aliphatic carbocycles. The zero-order valence-corrected chi connectivity index (χ0v) is 17.8. The summed E-state index contributed by atoms with van der Waals surface area (Å²) in [6.07, 6.45) is 8.70. The summed E-state index contributed by atoms with van der Waals surface area (Å²) in [7, 11) is 0. The van der Waals surface area contributed by atoms with E-state index < -0.39 is 5.97 Å². The van der Waals surface area contributed by atoms with Crippen molar-refractivity contribution in [1.29, 1.82) is 0 Å². The summed E-state index contributed by atoms with van der Waals surface area (Å²) in [5, 5.41) is 20.1. The average Bonchev–Trinajstić information content (AvgIpc) is 2.99. The van der Waals surface area contributed by atoms with Crippen LogP contribution in [0.1, 0.15) is 85.0 Å². The van der Waals surface area contributed by atoms with E-state index in [0.29, 0.717) is 48.2 Å². The van der Waals surface area contributed by atoms with Crippen molar-refractivity contribution in [2.24, 2.45) is 46.3 Å². The van der Waals surface area contributed by atoms with E-state index in [0.717, 1.165) is 19.3 Å². The number of ketones is 1. The van der Waals surface area contributed by atoms with Crippen molar-refractivity contribution in [3.63, 3.8) is 0 Å². The third-order valence-electron chi connectivity index (χ3n) is 10.1. The molecule has 4 nitrogen and oxygen atoms in total. The lowest BCUT2D eigenvalue weighted by Gasteiger charge is -2.61. The van der Waals surface area contributed by atoms with Gasteiger partial charge in [0.25, 0.3) is 0 Å². The Hall–Kier alpha value is -0.900. The molecular formula is C24H38O4. The van der Waals surface area contributed by atoms with Gasteiger partial charge in [-0.1, -0.05) is 20.8 Å². The Balaban J connectivity index is 1.55. The number of hydrogen-bond donors (Lipinski definition) is 2. The number of carboxylic acids is 1.